The minimum atomic E-state index is 0.620. The number of halogens is 1. The molecule has 0 aliphatic heterocycles. The fourth-order valence-corrected chi connectivity index (χ4v) is 1.57. The molecule has 0 aliphatic carbocycles. The van der Waals surface area contributed by atoms with Crippen LogP contribution in [0.25, 0.3) is 0 Å². The molecule has 2 nitrogen and oxygen atoms in total. The SMILES string of the molecule is CCOc1cc(S)c(Br)cc1OCC. The average molecular weight is 277 g/mol. The van der Waals surface area contributed by atoms with Crippen molar-refractivity contribution in [2.24, 2.45) is 0 Å². The van der Waals surface area contributed by atoms with Crippen LogP contribution in [0.5, 0.6) is 11.5 Å². The Labute approximate surface area is 98.1 Å². The molecule has 78 valence electrons. The minimum Gasteiger partial charge on any atom is -0.490 e. The molecule has 14 heavy (non-hydrogen) atoms. The first-order valence-corrected chi connectivity index (χ1v) is 5.71. The fraction of sp³-hybridized carbons (Fsp3) is 0.400. The summed E-state index contributed by atoms with van der Waals surface area (Å²) >= 11 is 7.68. The average Bonchev–Trinajstić information content (AvgIpc) is 2.14. The molecule has 0 aliphatic rings. The largest absolute Gasteiger partial charge is 0.490 e. The van der Waals surface area contributed by atoms with Crippen LogP contribution in [-0.4, -0.2) is 13.2 Å². The van der Waals surface area contributed by atoms with E-state index in [1.807, 2.05) is 26.0 Å². The molecule has 0 aromatic heterocycles. The van der Waals surface area contributed by atoms with Gasteiger partial charge >= 0.3 is 0 Å². The van der Waals surface area contributed by atoms with Crippen LogP contribution in [0.1, 0.15) is 13.8 Å². The second kappa shape index (κ2) is 5.51. The van der Waals surface area contributed by atoms with Crippen molar-refractivity contribution in [3.63, 3.8) is 0 Å². The van der Waals surface area contributed by atoms with Gasteiger partial charge in [0.25, 0.3) is 0 Å². The molecule has 1 rings (SSSR count). The molecular weight excluding hydrogens is 264 g/mol. The van der Waals surface area contributed by atoms with Crippen molar-refractivity contribution >= 4 is 28.6 Å². The molecule has 1 aromatic carbocycles. The van der Waals surface area contributed by atoms with Crippen LogP contribution in [0.4, 0.5) is 0 Å². The second-order valence-electron chi connectivity index (χ2n) is 2.62. The quantitative estimate of drug-likeness (QED) is 0.849. The summed E-state index contributed by atoms with van der Waals surface area (Å²) in [5, 5.41) is 0. The van der Waals surface area contributed by atoms with Gasteiger partial charge in [-0.2, -0.15) is 0 Å². The maximum Gasteiger partial charge on any atom is 0.162 e. The van der Waals surface area contributed by atoms with E-state index < -0.39 is 0 Å². The molecule has 0 atom stereocenters. The van der Waals surface area contributed by atoms with Gasteiger partial charge in [-0.1, -0.05) is 0 Å². The first-order valence-electron chi connectivity index (χ1n) is 4.47. The molecule has 0 N–H and O–H groups in total. The zero-order valence-corrected chi connectivity index (χ0v) is 10.7. The Morgan fingerprint density at radius 2 is 1.64 bits per heavy atom. The van der Waals surface area contributed by atoms with Crippen LogP contribution in [0.3, 0.4) is 0 Å². The molecule has 0 radical (unpaired) electrons. The van der Waals surface area contributed by atoms with Crippen LogP contribution in [0, 0.1) is 0 Å². The number of hydrogen-bond acceptors (Lipinski definition) is 3. The maximum atomic E-state index is 5.44. The lowest BCUT2D eigenvalue weighted by Gasteiger charge is -2.12. The number of thiol groups is 1. The van der Waals surface area contributed by atoms with Crippen molar-refractivity contribution < 1.29 is 9.47 Å². The van der Waals surface area contributed by atoms with E-state index in [9.17, 15) is 0 Å². The van der Waals surface area contributed by atoms with E-state index in [-0.39, 0.29) is 0 Å². The summed E-state index contributed by atoms with van der Waals surface area (Å²) in [6.45, 7) is 5.13. The molecule has 4 heteroatoms. The molecule has 0 bridgehead atoms. The van der Waals surface area contributed by atoms with Gasteiger partial charge in [-0.15, -0.1) is 12.6 Å². The summed E-state index contributed by atoms with van der Waals surface area (Å²) in [6, 6.07) is 3.72. The Hall–Kier alpha value is -0.350. The van der Waals surface area contributed by atoms with Crippen molar-refractivity contribution in [2.45, 2.75) is 18.7 Å². The Balaban J connectivity index is 3.03. The molecule has 0 unspecified atom stereocenters. The summed E-state index contributed by atoms with van der Waals surface area (Å²) in [5.41, 5.74) is 0. The van der Waals surface area contributed by atoms with Gasteiger partial charge in [0, 0.05) is 9.37 Å². The van der Waals surface area contributed by atoms with Gasteiger partial charge in [-0.3, -0.25) is 0 Å². The van der Waals surface area contributed by atoms with Crippen LogP contribution in [0.15, 0.2) is 21.5 Å². The van der Waals surface area contributed by atoms with Gasteiger partial charge in [0.1, 0.15) is 0 Å². The predicted molar refractivity (Wildman–Crippen MR) is 63.7 cm³/mol. The van der Waals surface area contributed by atoms with Gasteiger partial charge in [0.05, 0.1) is 13.2 Å². The van der Waals surface area contributed by atoms with Crippen LogP contribution < -0.4 is 9.47 Å². The zero-order valence-electron chi connectivity index (χ0n) is 8.21. The van der Waals surface area contributed by atoms with E-state index in [4.69, 9.17) is 9.47 Å². The number of ether oxygens (including phenoxy) is 2. The number of rotatable bonds is 4. The van der Waals surface area contributed by atoms with Gasteiger partial charge in [0.15, 0.2) is 11.5 Å². The van der Waals surface area contributed by atoms with Gasteiger partial charge in [0.2, 0.25) is 0 Å². The Morgan fingerprint density at radius 1 is 1.14 bits per heavy atom. The van der Waals surface area contributed by atoms with E-state index >= 15 is 0 Å². The van der Waals surface area contributed by atoms with Gasteiger partial charge in [-0.05, 0) is 41.9 Å². The van der Waals surface area contributed by atoms with Crippen molar-refractivity contribution in [3.8, 4) is 11.5 Å². The van der Waals surface area contributed by atoms with Gasteiger partial charge in [-0.25, -0.2) is 0 Å². The van der Waals surface area contributed by atoms with Crippen molar-refractivity contribution in [3.05, 3.63) is 16.6 Å². The summed E-state index contributed by atoms with van der Waals surface area (Å²) < 4.78 is 11.8. The molecule has 1 aromatic rings. The summed E-state index contributed by atoms with van der Waals surface area (Å²) in [7, 11) is 0. The van der Waals surface area contributed by atoms with E-state index in [1.165, 1.54) is 0 Å². The Bertz CT molecular complexity index is 284. The highest BCUT2D eigenvalue weighted by Crippen LogP contribution is 2.35. The molecule has 0 amide bonds. The van der Waals surface area contributed by atoms with Gasteiger partial charge < -0.3 is 9.47 Å². The van der Waals surface area contributed by atoms with Crippen LogP contribution in [-0.2, 0) is 0 Å². The summed E-state index contributed by atoms with van der Waals surface area (Å²) in [5.74, 6) is 1.49. The van der Waals surface area contributed by atoms with E-state index in [0.717, 1.165) is 20.9 Å². The summed E-state index contributed by atoms with van der Waals surface area (Å²) in [6.07, 6.45) is 0. The molecular formula is C10H13BrO2S. The van der Waals surface area contributed by atoms with E-state index in [2.05, 4.69) is 28.6 Å². The standard InChI is InChI=1S/C10H13BrO2S/c1-3-12-8-5-7(11)10(14)6-9(8)13-4-2/h5-6,14H,3-4H2,1-2H3. The zero-order chi connectivity index (χ0) is 10.6. The van der Waals surface area contributed by atoms with Crippen molar-refractivity contribution in [1.82, 2.24) is 0 Å². The maximum absolute atomic E-state index is 5.44. The Morgan fingerprint density at radius 3 is 2.14 bits per heavy atom. The minimum absolute atomic E-state index is 0.620. The highest BCUT2D eigenvalue weighted by molar-refractivity contribution is 9.10. The smallest absolute Gasteiger partial charge is 0.162 e. The van der Waals surface area contributed by atoms with E-state index in [1.54, 1.807) is 0 Å². The normalized spacial score (nSPS) is 10.0. The monoisotopic (exact) mass is 276 g/mol. The number of hydrogen-bond donors (Lipinski definition) is 1. The first kappa shape index (κ1) is 11.7. The van der Waals surface area contributed by atoms with E-state index in [0.29, 0.717) is 13.2 Å². The highest BCUT2D eigenvalue weighted by Gasteiger charge is 2.08. The molecule has 0 fully saturated rings. The third-order valence-electron chi connectivity index (χ3n) is 1.61. The first-order chi connectivity index (χ1) is 6.69. The molecule has 0 saturated heterocycles. The third-order valence-corrected chi connectivity index (χ3v) is 2.95. The van der Waals surface area contributed by atoms with Crippen LogP contribution in [0.2, 0.25) is 0 Å². The highest BCUT2D eigenvalue weighted by atomic mass is 79.9. The molecule has 0 heterocycles. The lowest BCUT2D eigenvalue weighted by atomic mass is 10.3. The number of benzene rings is 1. The topological polar surface area (TPSA) is 18.5 Å². The lowest BCUT2D eigenvalue weighted by Crippen LogP contribution is -1.98. The third kappa shape index (κ3) is 2.82. The molecule has 0 spiro atoms. The molecule has 0 saturated carbocycles. The fourth-order valence-electron chi connectivity index (χ4n) is 1.06. The van der Waals surface area contributed by atoms with Crippen LogP contribution >= 0.6 is 28.6 Å². The van der Waals surface area contributed by atoms with Crippen molar-refractivity contribution in [2.75, 3.05) is 13.2 Å². The van der Waals surface area contributed by atoms with Crippen molar-refractivity contribution in [1.29, 1.82) is 0 Å². The second-order valence-corrected chi connectivity index (χ2v) is 3.95. The Kier molecular flexibility index (Phi) is 4.62. The lowest BCUT2D eigenvalue weighted by molar-refractivity contribution is 0.287. The summed E-state index contributed by atoms with van der Waals surface area (Å²) in [4.78, 5) is 0.844. The predicted octanol–water partition coefficient (Wildman–Crippen LogP) is 3.54.